The third-order valence-corrected chi connectivity index (χ3v) is 4.40. The molecular formula is C18H21Cl2N. The van der Waals surface area contributed by atoms with Crippen molar-refractivity contribution in [1.29, 1.82) is 0 Å². The minimum absolute atomic E-state index is 0.599. The van der Waals surface area contributed by atoms with Gasteiger partial charge in [0.05, 0.1) is 10.0 Å². The van der Waals surface area contributed by atoms with Crippen LogP contribution in [0.15, 0.2) is 42.5 Å². The highest BCUT2D eigenvalue weighted by Crippen LogP contribution is 2.26. The molecule has 0 saturated heterocycles. The van der Waals surface area contributed by atoms with Crippen LogP contribution in [0.25, 0.3) is 0 Å². The van der Waals surface area contributed by atoms with Crippen molar-refractivity contribution in [1.82, 2.24) is 0 Å². The summed E-state index contributed by atoms with van der Waals surface area (Å²) in [6, 6.07) is 14.3. The second-order valence-corrected chi connectivity index (χ2v) is 6.01. The molecule has 0 saturated carbocycles. The van der Waals surface area contributed by atoms with E-state index in [1.54, 1.807) is 6.07 Å². The van der Waals surface area contributed by atoms with Crippen molar-refractivity contribution in [2.75, 3.05) is 5.32 Å². The van der Waals surface area contributed by atoms with E-state index in [1.165, 1.54) is 24.8 Å². The number of rotatable bonds is 7. The Morgan fingerprint density at radius 1 is 0.952 bits per heavy atom. The van der Waals surface area contributed by atoms with Crippen LogP contribution in [0.3, 0.4) is 0 Å². The molecule has 0 aromatic heterocycles. The predicted molar refractivity (Wildman–Crippen MR) is 93.5 cm³/mol. The number of aryl methyl sites for hydroxylation is 1. The summed E-state index contributed by atoms with van der Waals surface area (Å²) >= 11 is 12.2. The molecule has 0 amide bonds. The minimum atomic E-state index is 0.599. The summed E-state index contributed by atoms with van der Waals surface area (Å²) in [5, 5.41) is 4.61. The highest BCUT2D eigenvalue weighted by molar-refractivity contribution is 6.42. The molecule has 0 radical (unpaired) electrons. The zero-order valence-electron chi connectivity index (χ0n) is 12.3. The summed E-state index contributed by atoms with van der Waals surface area (Å²) < 4.78 is 0. The van der Waals surface area contributed by atoms with Crippen LogP contribution in [0.2, 0.25) is 10.0 Å². The van der Waals surface area contributed by atoms with Gasteiger partial charge in [-0.15, -0.1) is 0 Å². The van der Waals surface area contributed by atoms with Gasteiger partial charge in [-0.05, 0) is 42.2 Å². The minimum Gasteiger partial charge on any atom is -0.381 e. The van der Waals surface area contributed by atoms with E-state index in [4.69, 9.17) is 23.2 Å². The predicted octanol–water partition coefficient (Wildman–Crippen LogP) is 6.34. The molecule has 0 heterocycles. The second-order valence-electron chi connectivity index (χ2n) is 5.22. The van der Waals surface area contributed by atoms with E-state index < -0.39 is 0 Å². The lowest BCUT2D eigenvalue weighted by molar-refractivity contribution is 0.717. The molecular weight excluding hydrogens is 301 g/mol. The molecule has 0 fully saturated rings. The Labute approximate surface area is 137 Å². The van der Waals surface area contributed by atoms with E-state index in [1.807, 2.05) is 12.1 Å². The molecule has 21 heavy (non-hydrogen) atoms. The first kappa shape index (κ1) is 16.2. The first-order valence-corrected chi connectivity index (χ1v) is 8.22. The average Bonchev–Trinajstić information content (AvgIpc) is 2.50. The number of halogens is 2. The number of anilines is 1. The van der Waals surface area contributed by atoms with Gasteiger partial charge in [0.15, 0.2) is 0 Å². The summed E-state index contributed by atoms with van der Waals surface area (Å²) in [4.78, 5) is 0. The molecule has 3 heteroatoms. The molecule has 0 aliphatic heterocycles. The maximum atomic E-state index is 6.18. The number of unbranched alkanes of at least 4 members (excludes halogenated alkanes) is 2. The van der Waals surface area contributed by atoms with Gasteiger partial charge in [0, 0.05) is 12.2 Å². The Balaban J connectivity index is 1.90. The number of nitrogens with one attached hydrogen (secondary N) is 1. The van der Waals surface area contributed by atoms with E-state index in [2.05, 4.69) is 36.5 Å². The largest absolute Gasteiger partial charge is 0.381 e. The zero-order chi connectivity index (χ0) is 15.1. The van der Waals surface area contributed by atoms with Gasteiger partial charge in [-0.2, -0.15) is 0 Å². The van der Waals surface area contributed by atoms with Crippen LogP contribution >= 0.6 is 23.2 Å². The lowest BCUT2D eigenvalue weighted by atomic mass is 10.1. The van der Waals surface area contributed by atoms with Crippen molar-refractivity contribution in [3.05, 3.63) is 63.6 Å². The summed E-state index contributed by atoms with van der Waals surface area (Å²) in [7, 11) is 0. The Morgan fingerprint density at radius 3 is 2.43 bits per heavy atom. The lowest BCUT2D eigenvalue weighted by Gasteiger charge is -2.10. The zero-order valence-corrected chi connectivity index (χ0v) is 13.8. The van der Waals surface area contributed by atoms with Crippen LogP contribution in [-0.4, -0.2) is 0 Å². The molecule has 1 nitrogen and oxygen atoms in total. The molecule has 0 aliphatic carbocycles. The molecule has 0 atom stereocenters. The molecule has 1 N–H and O–H groups in total. The Morgan fingerprint density at radius 2 is 1.71 bits per heavy atom. The van der Waals surface area contributed by atoms with Crippen LogP contribution in [-0.2, 0) is 13.0 Å². The summed E-state index contributed by atoms with van der Waals surface area (Å²) in [6.07, 6.45) is 4.99. The highest BCUT2D eigenvalue weighted by atomic mass is 35.5. The van der Waals surface area contributed by atoms with Gasteiger partial charge in [-0.3, -0.25) is 0 Å². The molecule has 2 aromatic carbocycles. The second kappa shape index (κ2) is 8.31. The van der Waals surface area contributed by atoms with Crippen molar-refractivity contribution in [3.63, 3.8) is 0 Å². The number of hydrogen-bond acceptors (Lipinski definition) is 1. The van der Waals surface area contributed by atoms with E-state index >= 15 is 0 Å². The fourth-order valence-corrected chi connectivity index (χ4v) is 2.64. The first-order chi connectivity index (χ1) is 10.2. The lowest BCUT2D eigenvalue weighted by Crippen LogP contribution is -2.00. The maximum absolute atomic E-state index is 6.18. The van der Waals surface area contributed by atoms with E-state index in [0.717, 1.165) is 17.7 Å². The SMILES string of the molecule is CCCCCc1ccc(NCc2cccc(Cl)c2Cl)cc1. The quantitative estimate of drug-likeness (QED) is 0.587. The molecule has 2 rings (SSSR count). The van der Waals surface area contributed by atoms with Crippen LogP contribution in [0.1, 0.15) is 37.3 Å². The fourth-order valence-electron chi connectivity index (χ4n) is 2.25. The standard InChI is InChI=1S/C18H21Cl2N/c1-2-3-4-6-14-9-11-16(12-10-14)21-13-15-7-5-8-17(19)18(15)20/h5,7-12,21H,2-4,6,13H2,1H3. The van der Waals surface area contributed by atoms with Gasteiger partial charge in [0.25, 0.3) is 0 Å². The number of hydrogen-bond donors (Lipinski definition) is 1. The van der Waals surface area contributed by atoms with Crippen LogP contribution < -0.4 is 5.32 Å². The smallest absolute Gasteiger partial charge is 0.0642 e. The van der Waals surface area contributed by atoms with E-state index in [0.29, 0.717) is 16.6 Å². The highest BCUT2D eigenvalue weighted by Gasteiger charge is 2.04. The average molecular weight is 322 g/mol. The Kier molecular flexibility index (Phi) is 6.41. The van der Waals surface area contributed by atoms with Crippen molar-refractivity contribution in [2.24, 2.45) is 0 Å². The van der Waals surface area contributed by atoms with Gasteiger partial charge in [0.2, 0.25) is 0 Å². The van der Waals surface area contributed by atoms with Crippen LogP contribution in [0.4, 0.5) is 5.69 Å². The Bertz CT molecular complexity index is 564. The topological polar surface area (TPSA) is 12.0 Å². The molecule has 112 valence electrons. The van der Waals surface area contributed by atoms with Gasteiger partial charge in [-0.1, -0.05) is 67.2 Å². The molecule has 0 aliphatic rings. The third kappa shape index (κ3) is 4.94. The molecule has 2 aromatic rings. The maximum Gasteiger partial charge on any atom is 0.0642 e. The van der Waals surface area contributed by atoms with Gasteiger partial charge >= 0.3 is 0 Å². The summed E-state index contributed by atoms with van der Waals surface area (Å²) in [5.41, 5.74) is 3.51. The number of benzene rings is 2. The van der Waals surface area contributed by atoms with Crippen molar-refractivity contribution in [3.8, 4) is 0 Å². The normalized spacial score (nSPS) is 10.6. The first-order valence-electron chi connectivity index (χ1n) is 7.46. The molecule has 0 unspecified atom stereocenters. The van der Waals surface area contributed by atoms with E-state index in [-0.39, 0.29) is 0 Å². The summed E-state index contributed by atoms with van der Waals surface area (Å²) in [5.74, 6) is 0. The Hall–Kier alpha value is -1.18. The van der Waals surface area contributed by atoms with Gasteiger partial charge in [0.1, 0.15) is 0 Å². The van der Waals surface area contributed by atoms with Crippen LogP contribution in [0.5, 0.6) is 0 Å². The molecule has 0 bridgehead atoms. The van der Waals surface area contributed by atoms with Crippen LogP contribution in [0, 0.1) is 0 Å². The third-order valence-electron chi connectivity index (χ3n) is 3.54. The monoisotopic (exact) mass is 321 g/mol. The van der Waals surface area contributed by atoms with Gasteiger partial charge < -0.3 is 5.32 Å². The summed E-state index contributed by atoms with van der Waals surface area (Å²) in [6.45, 7) is 2.91. The van der Waals surface area contributed by atoms with Crippen molar-refractivity contribution >= 4 is 28.9 Å². The fraction of sp³-hybridized carbons (Fsp3) is 0.333. The van der Waals surface area contributed by atoms with E-state index in [9.17, 15) is 0 Å². The van der Waals surface area contributed by atoms with Gasteiger partial charge in [-0.25, -0.2) is 0 Å². The molecule has 0 spiro atoms. The van der Waals surface area contributed by atoms with Crippen molar-refractivity contribution in [2.45, 2.75) is 39.2 Å². The van der Waals surface area contributed by atoms with Crippen molar-refractivity contribution < 1.29 is 0 Å².